The zero-order valence-electron chi connectivity index (χ0n) is 20.5. The van der Waals surface area contributed by atoms with Crippen LogP contribution in [0.1, 0.15) is 39.2 Å². The summed E-state index contributed by atoms with van der Waals surface area (Å²) in [5.41, 5.74) is 1.14. The summed E-state index contributed by atoms with van der Waals surface area (Å²) in [5, 5.41) is 3.43. The zero-order chi connectivity index (χ0) is 26.2. The number of hydrogen-bond donors (Lipinski definition) is 1. The van der Waals surface area contributed by atoms with Crippen LogP contribution in [0.25, 0.3) is 0 Å². The van der Waals surface area contributed by atoms with Crippen molar-refractivity contribution in [2.24, 2.45) is 5.92 Å². The summed E-state index contributed by atoms with van der Waals surface area (Å²) >= 11 is 5.97. The van der Waals surface area contributed by atoms with E-state index in [0.717, 1.165) is 16.1 Å². The first-order valence-electron chi connectivity index (χ1n) is 11.4. The highest BCUT2D eigenvalue weighted by atomic mass is 35.5. The maximum atomic E-state index is 13.3. The molecule has 0 aromatic heterocycles. The lowest BCUT2D eigenvalue weighted by Gasteiger charge is -2.29. The number of benzene rings is 2. The lowest BCUT2D eigenvalue weighted by molar-refractivity contribution is -0.140. The van der Waals surface area contributed by atoms with Gasteiger partial charge in [-0.2, -0.15) is 0 Å². The fraction of sp³-hybridized carbons (Fsp3) is 0.440. The van der Waals surface area contributed by atoms with Crippen LogP contribution >= 0.6 is 11.6 Å². The van der Waals surface area contributed by atoms with Crippen LogP contribution in [-0.2, 0) is 26.2 Å². The Morgan fingerprint density at radius 3 is 2.17 bits per heavy atom. The highest BCUT2D eigenvalue weighted by Gasteiger charge is 2.26. The van der Waals surface area contributed by atoms with Crippen molar-refractivity contribution in [3.8, 4) is 0 Å². The van der Waals surface area contributed by atoms with Crippen LogP contribution in [0.5, 0.6) is 0 Å². The third kappa shape index (κ3) is 9.14. The molecule has 1 atom stereocenters. The van der Waals surface area contributed by atoms with Gasteiger partial charge in [-0.05, 0) is 61.2 Å². The van der Waals surface area contributed by atoms with Crippen molar-refractivity contribution in [1.82, 2.24) is 10.2 Å². The first kappa shape index (κ1) is 28.6. The number of amides is 2. The number of hydrogen-bond acceptors (Lipinski definition) is 4. The van der Waals surface area contributed by atoms with Gasteiger partial charge < -0.3 is 10.2 Å². The Balaban J connectivity index is 2.14. The van der Waals surface area contributed by atoms with Gasteiger partial charge in [-0.15, -0.1) is 0 Å². The van der Waals surface area contributed by atoms with Crippen molar-refractivity contribution in [3.05, 3.63) is 64.9 Å². The molecule has 2 amide bonds. The molecule has 0 aliphatic heterocycles. The van der Waals surface area contributed by atoms with Gasteiger partial charge in [0.05, 0.1) is 11.9 Å². The van der Waals surface area contributed by atoms with Gasteiger partial charge >= 0.3 is 0 Å². The van der Waals surface area contributed by atoms with E-state index in [9.17, 15) is 22.4 Å². The summed E-state index contributed by atoms with van der Waals surface area (Å²) in [6.45, 7) is 6.38. The molecular formula is C25H33ClFN3O4S. The number of carbonyl (C=O) groups is 2. The van der Waals surface area contributed by atoms with E-state index in [0.29, 0.717) is 17.3 Å². The SMILES string of the molecule is CC(C)CNC(=O)[C@@H](C)N(Cc1ccc(Cl)cc1)C(=O)CCCN(c1ccc(F)cc1)S(C)(=O)=O. The Hall–Kier alpha value is -2.65. The number of halogens is 2. The second-order valence-electron chi connectivity index (χ2n) is 8.88. The first-order chi connectivity index (χ1) is 16.4. The van der Waals surface area contributed by atoms with Gasteiger partial charge in [0.25, 0.3) is 0 Å². The Labute approximate surface area is 212 Å². The standard InChI is InChI=1S/C25H33ClFN3O4S/c1-18(2)16-28-25(32)19(3)29(17-20-7-9-21(26)10-8-20)24(31)6-5-15-30(35(4,33)34)23-13-11-22(27)12-14-23/h7-14,18-19H,5-6,15-17H2,1-4H3,(H,28,32)/t19-/m1/s1. The summed E-state index contributed by atoms with van der Waals surface area (Å²) in [7, 11) is -3.64. The third-order valence-electron chi connectivity index (χ3n) is 5.38. The average Bonchev–Trinajstić information content (AvgIpc) is 2.79. The van der Waals surface area contributed by atoms with E-state index in [-0.39, 0.29) is 43.7 Å². The van der Waals surface area contributed by atoms with Gasteiger partial charge in [0, 0.05) is 31.1 Å². The van der Waals surface area contributed by atoms with Gasteiger partial charge in [0.1, 0.15) is 11.9 Å². The van der Waals surface area contributed by atoms with E-state index in [4.69, 9.17) is 11.6 Å². The molecule has 10 heteroatoms. The van der Waals surface area contributed by atoms with Gasteiger partial charge in [0.15, 0.2) is 0 Å². The zero-order valence-corrected chi connectivity index (χ0v) is 22.1. The highest BCUT2D eigenvalue weighted by molar-refractivity contribution is 7.92. The summed E-state index contributed by atoms with van der Waals surface area (Å²) in [5.74, 6) is -0.746. The number of nitrogens with one attached hydrogen (secondary N) is 1. The Morgan fingerprint density at radius 1 is 1.03 bits per heavy atom. The molecule has 2 rings (SSSR count). The number of anilines is 1. The van der Waals surface area contributed by atoms with Gasteiger partial charge in [-0.1, -0.05) is 37.6 Å². The van der Waals surface area contributed by atoms with Gasteiger partial charge in [-0.25, -0.2) is 12.8 Å². The fourth-order valence-electron chi connectivity index (χ4n) is 3.43. The molecule has 2 aromatic carbocycles. The average molecular weight is 526 g/mol. The minimum absolute atomic E-state index is 0.0304. The maximum absolute atomic E-state index is 13.3. The van der Waals surface area contributed by atoms with Crippen LogP contribution in [0.2, 0.25) is 5.02 Å². The molecule has 0 fully saturated rings. The maximum Gasteiger partial charge on any atom is 0.242 e. The quantitative estimate of drug-likeness (QED) is 0.449. The summed E-state index contributed by atoms with van der Waals surface area (Å²) in [6.07, 6.45) is 1.31. The number of rotatable bonds is 12. The van der Waals surface area contributed by atoms with E-state index in [1.165, 1.54) is 29.2 Å². The van der Waals surface area contributed by atoms with Crippen LogP contribution in [0.4, 0.5) is 10.1 Å². The number of nitrogens with zero attached hydrogens (tertiary/aromatic N) is 2. The lowest BCUT2D eigenvalue weighted by Crippen LogP contribution is -2.48. The van der Waals surface area contributed by atoms with Gasteiger partial charge in [0.2, 0.25) is 21.8 Å². The monoisotopic (exact) mass is 525 g/mol. The van der Waals surface area contributed by atoms with Crippen molar-refractivity contribution < 1.29 is 22.4 Å². The fourth-order valence-corrected chi connectivity index (χ4v) is 4.52. The van der Waals surface area contributed by atoms with Crippen molar-refractivity contribution >= 4 is 39.1 Å². The van der Waals surface area contributed by atoms with Crippen LogP contribution < -0.4 is 9.62 Å². The second-order valence-corrected chi connectivity index (χ2v) is 11.2. The topological polar surface area (TPSA) is 86.8 Å². The molecule has 0 aliphatic carbocycles. The molecule has 0 saturated heterocycles. The van der Waals surface area contributed by atoms with E-state index in [1.807, 2.05) is 13.8 Å². The number of sulfonamides is 1. The van der Waals surface area contributed by atoms with Crippen molar-refractivity contribution in [1.29, 1.82) is 0 Å². The molecule has 1 N–H and O–H groups in total. The van der Waals surface area contributed by atoms with Crippen molar-refractivity contribution in [3.63, 3.8) is 0 Å². The molecule has 0 aliphatic rings. The smallest absolute Gasteiger partial charge is 0.242 e. The summed E-state index contributed by atoms with van der Waals surface area (Å²) in [6, 6.07) is 11.4. The molecule has 192 valence electrons. The van der Waals surface area contributed by atoms with E-state index < -0.39 is 21.9 Å². The van der Waals surface area contributed by atoms with Gasteiger partial charge in [-0.3, -0.25) is 13.9 Å². The molecule has 0 bridgehead atoms. The van der Waals surface area contributed by atoms with Crippen LogP contribution in [0.3, 0.4) is 0 Å². The number of carbonyl (C=O) groups excluding carboxylic acids is 2. The normalized spacial score (nSPS) is 12.3. The summed E-state index contributed by atoms with van der Waals surface area (Å²) in [4.78, 5) is 27.4. The third-order valence-corrected chi connectivity index (χ3v) is 6.83. The molecule has 0 saturated carbocycles. The Bertz CT molecular complexity index is 1090. The van der Waals surface area contributed by atoms with Crippen molar-refractivity contribution in [2.45, 2.75) is 46.2 Å². The minimum atomic E-state index is -3.64. The van der Waals surface area contributed by atoms with E-state index in [1.54, 1.807) is 31.2 Å². The molecule has 7 nitrogen and oxygen atoms in total. The molecule has 0 radical (unpaired) electrons. The molecule has 0 spiro atoms. The second kappa shape index (κ2) is 12.9. The largest absolute Gasteiger partial charge is 0.354 e. The lowest BCUT2D eigenvalue weighted by atomic mass is 10.1. The molecule has 0 heterocycles. The minimum Gasteiger partial charge on any atom is -0.354 e. The predicted molar refractivity (Wildman–Crippen MR) is 137 cm³/mol. The van der Waals surface area contributed by atoms with Crippen molar-refractivity contribution in [2.75, 3.05) is 23.7 Å². The highest BCUT2D eigenvalue weighted by Crippen LogP contribution is 2.20. The Morgan fingerprint density at radius 2 is 1.63 bits per heavy atom. The molecule has 0 unspecified atom stereocenters. The first-order valence-corrected chi connectivity index (χ1v) is 13.7. The summed E-state index contributed by atoms with van der Waals surface area (Å²) < 4.78 is 39.0. The Kier molecular flexibility index (Phi) is 10.5. The van der Waals surface area contributed by atoms with Crippen LogP contribution in [0, 0.1) is 11.7 Å². The van der Waals surface area contributed by atoms with E-state index in [2.05, 4.69) is 5.32 Å². The predicted octanol–water partition coefficient (Wildman–Crippen LogP) is 4.21. The van der Waals surface area contributed by atoms with Crippen LogP contribution in [-0.4, -0.2) is 50.5 Å². The molecular weight excluding hydrogens is 493 g/mol. The molecule has 35 heavy (non-hydrogen) atoms. The van der Waals surface area contributed by atoms with Crippen LogP contribution in [0.15, 0.2) is 48.5 Å². The molecule has 2 aromatic rings. The van der Waals surface area contributed by atoms with E-state index >= 15 is 0 Å².